The Kier molecular flexibility index (Phi) is 9.34. The first kappa shape index (κ1) is 28.2. The van der Waals surface area contributed by atoms with E-state index in [1.54, 1.807) is 50.2 Å². The molecule has 7 nitrogen and oxygen atoms in total. The highest BCUT2D eigenvalue weighted by Gasteiger charge is 2.33. The normalized spacial score (nSPS) is 12.0. The number of halogens is 1. The second-order valence-electron chi connectivity index (χ2n) is 8.79. The molecule has 1 N–H and O–H groups in total. The van der Waals surface area contributed by atoms with Crippen molar-refractivity contribution in [2.75, 3.05) is 17.4 Å². The highest BCUT2D eigenvalue weighted by atomic mass is 35.5. The van der Waals surface area contributed by atoms with Gasteiger partial charge in [-0.25, -0.2) is 8.42 Å². The first-order valence-corrected chi connectivity index (χ1v) is 13.8. The summed E-state index contributed by atoms with van der Waals surface area (Å²) in [6, 6.07) is 19.6. The number of rotatable bonds is 10. The summed E-state index contributed by atoms with van der Waals surface area (Å²) in [4.78, 5) is 28.0. The molecule has 1 atom stereocenters. The van der Waals surface area contributed by atoms with Gasteiger partial charge in [0.25, 0.3) is 10.0 Å². The van der Waals surface area contributed by atoms with Crippen LogP contribution in [-0.2, 0) is 26.2 Å². The van der Waals surface area contributed by atoms with E-state index in [4.69, 9.17) is 11.6 Å². The Balaban J connectivity index is 2.05. The molecule has 0 radical (unpaired) electrons. The van der Waals surface area contributed by atoms with Crippen LogP contribution in [0.25, 0.3) is 0 Å². The van der Waals surface area contributed by atoms with Crippen LogP contribution >= 0.6 is 11.6 Å². The van der Waals surface area contributed by atoms with Crippen molar-refractivity contribution in [3.05, 3.63) is 94.5 Å². The number of amides is 2. The summed E-state index contributed by atoms with van der Waals surface area (Å²) in [5.41, 5.74) is 2.90. The largest absolute Gasteiger partial charge is 0.355 e. The summed E-state index contributed by atoms with van der Waals surface area (Å²) in [7, 11) is -4.16. The van der Waals surface area contributed by atoms with Crippen LogP contribution in [0.1, 0.15) is 30.5 Å². The van der Waals surface area contributed by atoms with E-state index in [0.29, 0.717) is 6.54 Å². The SMILES string of the molecule is CCNC(=O)[C@@H](C)N(Cc1ccccc1C)C(=O)CN(c1ccccc1Cl)S(=O)(=O)c1ccc(C)cc1. The van der Waals surface area contributed by atoms with Gasteiger partial charge in [0.1, 0.15) is 12.6 Å². The molecule has 0 spiro atoms. The zero-order valence-electron chi connectivity index (χ0n) is 21.4. The van der Waals surface area contributed by atoms with Crippen LogP contribution in [0.4, 0.5) is 5.69 Å². The van der Waals surface area contributed by atoms with Crippen LogP contribution < -0.4 is 9.62 Å². The topological polar surface area (TPSA) is 86.8 Å². The monoisotopic (exact) mass is 541 g/mol. The number of sulfonamides is 1. The number of benzene rings is 3. The molecule has 2 amide bonds. The fraction of sp³-hybridized carbons (Fsp3) is 0.286. The third-order valence-electron chi connectivity index (χ3n) is 6.13. The number of anilines is 1. The number of nitrogens with one attached hydrogen (secondary N) is 1. The molecule has 196 valence electrons. The van der Waals surface area contributed by atoms with E-state index in [1.807, 2.05) is 38.1 Å². The van der Waals surface area contributed by atoms with Crippen LogP contribution in [0, 0.1) is 13.8 Å². The first-order valence-electron chi connectivity index (χ1n) is 12.0. The molecule has 0 bridgehead atoms. The number of carbonyl (C=O) groups is 2. The molecule has 0 aliphatic rings. The lowest BCUT2D eigenvalue weighted by atomic mass is 10.1. The smallest absolute Gasteiger partial charge is 0.264 e. The molecule has 9 heteroatoms. The van der Waals surface area contributed by atoms with Crippen molar-refractivity contribution in [2.45, 2.75) is 45.2 Å². The second-order valence-corrected chi connectivity index (χ2v) is 11.1. The van der Waals surface area contributed by atoms with Crippen LogP contribution in [-0.4, -0.2) is 44.3 Å². The third kappa shape index (κ3) is 6.70. The molecule has 0 fully saturated rings. The summed E-state index contributed by atoms with van der Waals surface area (Å²) in [5, 5.41) is 2.94. The van der Waals surface area contributed by atoms with Gasteiger partial charge in [-0.15, -0.1) is 0 Å². The summed E-state index contributed by atoms with van der Waals surface area (Å²) >= 11 is 6.41. The number of para-hydroxylation sites is 1. The highest BCUT2D eigenvalue weighted by Crippen LogP contribution is 2.31. The quantitative estimate of drug-likeness (QED) is 0.403. The fourth-order valence-corrected chi connectivity index (χ4v) is 5.60. The van der Waals surface area contributed by atoms with E-state index < -0.39 is 28.5 Å². The number of likely N-dealkylation sites (N-methyl/N-ethyl adjacent to an activating group) is 1. The van der Waals surface area contributed by atoms with Crippen molar-refractivity contribution in [3.63, 3.8) is 0 Å². The number of hydrogen-bond donors (Lipinski definition) is 1. The minimum atomic E-state index is -4.16. The number of hydrogen-bond acceptors (Lipinski definition) is 4. The molecule has 0 saturated heterocycles. The van der Waals surface area contributed by atoms with Crippen LogP contribution in [0.5, 0.6) is 0 Å². The van der Waals surface area contributed by atoms with Crippen molar-refractivity contribution in [2.24, 2.45) is 0 Å². The summed E-state index contributed by atoms with van der Waals surface area (Å²) in [5.74, 6) is -0.854. The average Bonchev–Trinajstić information content (AvgIpc) is 2.87. The zero-order chi connectivity index (χ0) is 27.2. The fourth-order valence-electron chi connectivity index (χ4n) is 3.88. The number of carbonyl (C=O) groups excluding carboxylic acids is 2. The van der Waals surface area contributed by atoms with Gasteiger partial charge in [0, 0.05) is 13.1 Å². The van der Waals surface area contributed by atoms with Gasteiger partial charge >= 0.3 is 0 Å². The second kappa shape index (κ2) is 12.3. The van der Waals surface area contributed by atoms with Crippen molar-refractivity contribution in [1.82, 2.24) is 10.2 Å². The Morgan fingerprint density at radius 2 is 1.57 bits per heavy atom. The number of nitrogens with zero attached hydrogens (tertiary/aromatic N) is 2. The molecule has 0 aliphatic carbocycles. The summed E-state index contributed by atoms with van der Waals surface area (Å²) < 4.78 is 28.6. The van der Waals surface area contributed by atoms with Crippen molar-refractivity contribution < 1.29 is 18.0 Å². The van der Waals surface area contributed by atoms with Crippen LogP contribution in [0.3, 0.4) is 0 Å². The third-order valence-corrected chi connectivity index (χ3v) is 8.22. The maximum atomic E-state index is 13.8. The Morgan fingerprint density at radius 1 is 0.946 bits per heavy atom. The average molecular weight is 542 g/mol. The molecule has 0 saturated carbocycles. The standard InChI is InChI=1S/C28H32ClN3O4S/c1-5-30-28(34)22(4)31(18-23-11-7-6-10-21(23)3)27(33)19-32(26-13-9-8-12-25(26)29)37(35,36)24-16-14-20(2)15-17-24/h6-17,22H,5,18-19H2,1-4H3,(H,30,34)/t22-/m1/s1. The molecule has 0 unspecified atom stereocenters. The molecular formula is C28H32ClN3O4S. The van der Waals surface area contributed by atoms with Gasteiger partial charge in [0.05, 0.1) is 15.6 Å². The van der Waals surface area contributed by atoms with Crippen molar-refractivity contribution in [3.8, 4) is 0 Å². The first-order chi connectivity index (χ1) is 17.6. The minimum absolute atomic E-state index is 0.0352. The Bertz CT molecular complexity index is 1360. The van der Waals surface area contributed by atoms with Gasteiger partial charge in [-0.05, 0) is 63.1 Å². The lowest BCUT2D eigenvalue weighted by Crippen LogP contribution is -2.51. The molecule has 3 aromatic rings. The van der Waals surface area contributed by atoms with Gasteiger partial charge in [-0.2, -0.15) is 0 Å². The van der Waals surface area contributed by atoms with E-state index >= 15 is 0 Å². The van der Waals surface area contributed by atoms with Gasteiger partial charge in [0.2, 0.25) is 11.8 Å². The van der Waals surface area contributed by atoms with Gasteiger partial charge in [0.15, 0.2) is 0 Å². The van der Waals surface area contributed by atoms with Gasteiger partial charge < -0.3 is 10.2 Å². The van der Waals surface area contributed by atoms with Crippen molar-refractivity contribution >= 4 is 39.1 Å². The summed E-state index contributed by atoms with van der Waals surface area (Å²) in [6.45, 7) is 7.23. The van der Waals surface area contributed by atoms with E-state index in [1.165, 1.54) is 17.0 Å². The Hall–Kier alpha value is -3.36. The van der Waals surface area contributed by atoms with Crippen LogP contribution in [0.2, 0.25) is 5.02 Å². The maximum Gasteiger partial charge on any atom is 0.264 e. The minimum Gasteiger partial charge on any atom is -0.355 e. The maximum absolute atomic E-state index is 13.8. The van der Waals surface area contributed by atoms with Gasteiger partial charge in [-0.3, -0.25) is 13.9 Å². The Labute approximate surface area is 224 Å². The lowest BCUT2D eigenvalue weighted by Gasteiger charge is -2.32. The summed E-state index contributed by atoms with van der Waals surface area (Å²) in [6.07, 6.45) is 0. The highest BCUT2D eigenvalue weighted by molar-refractivity contribution is 7.92. The van der Waals surface area contributed by atoms with Crippen LogP contribution in [0.15, 0.2) is 77.7 Å². The van der Waals surface area contributed by atoms with E-state index in [9.17, 15) is 18.0 Å². The van der Waals surface area contributed by atoms with E-state index in [0.717, 1.165) is 21.0 Å². The molecule has 0 heterocycles. The molecule has 37 heavy (non-hydrogen) atoms. The molecule has 3 rings (SSSR count). The zero-order valence-corrected chi connectivity index (χ0v) is 23.0. The Morgan fingerprint density at radius 3 is 2.19 bits per heavy atom. The molecule has 3 aromatic carbocycles. The lowest BCUT2D eigenvalue weighted by molar-refractivity contribution is -0.139. The van der Waals surface area contributed by atoms with Crippen molar-refractivity contribution in [1.29, 1.82) is 0 Å². The van der Waals surface area contributed by atoms with Gasteiger partial charge in [-0.1, -0.05) is 65.7 Å². The molecular weight excluding hydrogens is 510 g/mol. The molecule has 0 aliphatic heterocycles. The molecule has 0 aromatic heterocycles. The number of aryl methyl sites for hydroxylation is 2. The van der Waals surface area contributed by atoms with E-state index in [2.05, 4.69) is 5.32 Å². The predicted octanol–water partition coefficient (Wildman–Crippen LogP) is 4.71. The predicted molar refractivity (Wildman–Crippen MR) is 147 cm³/mol. The van der Waals surface area contributed by atoms with E-state index in [-0.39, 0.29) is 28.1 Å².